The molecule has 4 rings (SSSR count). The van der Waals surface area contributed by atoms with E-state index in [1.54, 1.807) is 19.1 Å². The van der Waals surface area contributed by atoms with Crippen LogP contribution in [-0.2, 0) is 0 Å². The topological polar surface area (TPSA) is 57.9 Å². The summed E-state index contributed by atoms with van der Waals surface area (Å²) < 4.78 is 16.8. The SMILES string of the molecule is Cc1ccc(F)c(-n2n[n+]3c(c(C)nc4ccccc43)c2[O-])c1. The molecule has 0 saturated carbocycles. The van der Waals surface area contributed by atoms with Gasteiger partial charge in [0.05, 0.1) is 5.69 Å². The number of rotatable bonds is 1. The maximum absolute atomic E-state index is 14.2. The number of aromatic nitrogens is 4. The van der Waals surface area contributed by atoms with Crippen molar-refractivity contribution in [2.24, 2.45) is 0 Å². The van der Waals surface area contributed by atoms with Crippen LogP contribution in [0.1, 0.15) is 11.3 Å². The Hall–Kier alpha value is -3.02. The van der Waals surface area contributed by atoms with Gasteiger partial charge in [-0.25, -0.2) is 9.37 Å². The van der Waals surface area contributed by atoms with E-state index in [1.165, 1.54) is 10.6 Å². The normalized spacial score (nSPS) is 11.4. The van der Waals surface area contributed by atoms with Gasteiger partial charge in [-0.15, -0.1) is 4.68 Å². The third kappa shape index (κ3) is 1.95. The molecule has 2 aromatic heterocycles. The summed E-state index contributed by atoms with van der Waals surface area (Å²) in [7, 11) is 0. The Bertz CT molecular complexity index is 1070. The first kappa shape index (κ1) is 13.6. The van der Waals surface area contributed by atoms with Crippen LogP contribution in [0.4, 0.5) is 4.39 Å². The second-order valence-electron chi connectivity index (χ2n) is 5.51. The van der Waals surface area contributed by atoms with Gasteiger partial charge in [0.15, 0.2) is 17.0 Å². The van der Waals surface area contributed by atoms with Crippen LogP contribution in [0, 0.1) is 19.7 Å². The lowest BCUT2D eigenvalue weighted by Gasteiger charge is -2.04. The number of fused-ring (bicyclic) bond motifs is 3. The number of para-hydroxylation sites is 2. The standard InChI is InChI=1S/C17H13FN4O/c1-10-7-8-12(18)15(9-10)22-17(23)16-11(2)19-13-5-3-4-6-14(13)21(16)20-22/h3-9H,1-2H3. The van der Waals surface area contributed by atoms with Crippen LogP contribution in [0.25, 0.3) is 22.2 Å². The summed E-state index contributed by atoms with van der Waals surface area (Å²) in [5, 5.41) is 17.0. The first-order valence-electron chi connectivity index (χ1n) is 7.20. The molecule has 0 aliphatic carbocycles. The van der Waals surface area contributed by atoms with Gasteiger partial charge in [-0.1, -0.05) is 22.7 Å². The van der Waals surface area contributed by atoms with Gasteiger partial charge in [0, 0.05) is 0 Å². The predicted octanol–water partition coefficient (Wildman–Crippen LogP) is 1.99. The second kappa shape index (κ2) is 4.74. The van der Waals surface area contributed by atoms with Gasteiger partial charge in [-0.2, -0.15) is 0 Å². The highest BCUT2D eigenvalue weighted by Crippen LogP contribution is 2.23. The summed E-state index contributed by atoms with van der Waals surface area (Å²) in [4.78, 5) is 4.44. The van der Waals surface area contributed by atoms with Gasteiger partial charge in [0.1, 0.15) is 16.6 Å². The van der Waals surface area contributed by atoms with Crippen LogP contribution >= 0.6 is 0 Å². The van der Waals surface area contributed by atoms with E-state index in [2.05, 4.69) is 10.2 Å². The molecule has 0 fully saturated rings. The van der Waals surface area contributed by atoms with E-state index >= 15 is 0 Å². The van der Waals surface area contributed by atoms with Gasteiger partial charge in [0.2, 0.25) is 5.52 Å². The largest absolute Gasteiger partial charge is 0.837 e. The third-order valence-electron chi connectivity index (χ3n) is 3.86. The molecule has 0 unspecified atom stereocenters. The Balaban J connectivity index is 2.14. The van der Waals surface area contributed by atoms with Crippen LogP contribution in [0.5, 0.6) is 5.88 Å². The van der Waals surface area contributed by atoms with Crippen molar-refractivity contribution < 1.29 is 14.0 Å². The Kier molecular flexibility index (Phi) is 2.81. The summed E-state index contributed by atoms with van der Waals surface area (Å²) in [5.74, 6) is -0.874. The molecule has 0 amide bonds. The number of benzene rings is 2. The zero-order chi connectivity index (χ0) is 16.1. The number of hydrogen-bond donors (Lipinski definition) is 0. The van der Waals surface area contributed by atoms with E-state index in [1.807, 2.05) is 31.2 Å². The van der Waals surface area contributed by atoms with E-state index in [4.69, 9.17) is 0 Å². The number of hydrogen-bond acceptors (Lipinski definition) is 3. The van der Waals surface area contributed by atoms with Gasteiger partial charge >= 0.3 is 0 Å². The van der Waals surface area contributed by atoms with Crippen LogP contribution in [0.3, 0.4) is 0 Å². The van der Waals surface area contributed by atoms with E-state index in [-0.39, 0.29) is 11.6 Å². The maximum Gasteiger partial charge on any atom is 0.212 e. The van der Waals surface area contributed by atoms with E-state index in [0.29, 0.717) is 16.7 Å². The summed E-state index contributed by atoms with van der Waals surface area (Å²) in [6.07, 6.45) is 0. The van der Waals surface area contributed by atoms with Crippen molar-refractivity contribution in [2.75, 3.05) is 0 Å². The summed E-state index contributed by atoms with van der Waals surface area (Å²) in [5.41, 5.74) is 3.35. The smallest absolute Gasteiger partial charge is 0.212 e. The summed E-state index contributed by atoms with van der Waals surface area (Å²) >= 11 is 0. The molecule has 0 aliphatic rings. The predicted molar refractivity (Wildman–Crippen MR) is 80.9 cm³/mol. The van der Waals surface area contributed by atoms with Crippen LogP contribution in [0.2, 0.25) is 0 Å². The van der Waals surface area contributed by atoms with Crippen LogP contribution in [-0.4, -0.2) is 14.9 Å². The fraction of sp³-hybridized carbons (Fsp3) is 0.118. The Morgan fingerprint density at radius 2 is 1.91 bits per heavy atom. The average molecular weight is 308 g/mol. The molecule has 2 heterocycles. The second-order valence-corrected chi connectivity index (χ2v) is 5.51. The average Bonchev–Trinajstić information content (AvgIpc) is 2.88. The molecule has 5 nitrogen and oxygen atoms in total. The molecule has 0 aliphatic heterocycles. The highest BCUT2D eigenvalue weighted by atomic mass is 19.1. The van der Waals surface area contributed by atoms with E-state index in [0.717, 1.165) is 15.8 Å². The Morgan fingerprint density at radius 1 is 1.13 bits per heavy atom. The van der Waals surface area contributed by atoms with Gasteiger partial charge < -0.3 is 5.11 Å². The molecule has 0 atom stereocenters. The van der Waals surface area contributed by atoms with Crippen molar-refractivity contribution in [3.05, 3.63) is 59.5 Å². The highest BCUT2D eigenvalue weighted by molar-refractivity contribution is 5.74. The molecule has 2 aromatic carbocycles. The molecule has 4 aromatic rings. The monoisotopic (exact) mass is 308 g/mol. The molecule has 0 radical (unpaired) electrons. The molecule has 0 saturated heterocycles. The minimum absolute atomic E-state index is 0.141. The molecule has 0 bridgehead atoms. The van der Waals surface area contributed by atoms with Gasteiger partial charge in [-0.05, 0) is 43.7 Å². The van der Waals surface area contributed by atoms with Crippen molar-refractivity contribution in [3.63, 3.8) is 0 Å². The van der Waals surface area contributed by atoms with Gasteiger partial charge in [-0.3, -0.25) is 0 Å². The lowest BCUT2D eigenvalue weighted by atomic mass is 10.2. The van der Waals surface area contributed by atoms with Crippen molar-refractivity contribution in [3.8, 4) is 11.6 Å². The van der Waals surface area contributed by atoms with E-state index in [9.17, 15) is 9.50 Å². The zero-order valence-electron chi connectivity index (χ0n) is 12.6. The Labute approximate surface area is 131 Å². The fourth-order valence-corrected chi connectivity index (χ4v) is 2.76. The first-order valence-corrected chi connectivity index (χ1v) is 7.20. The molecule has 23 heavy (non-hydrogen) atoms. The van der Waals surface area contributed by atoms with Gasteiger partial charge in [0.25, 0.3) is 0 Å². The molecular formula is C17H13FN4O. The minimum Gasteiger partial charge on any atom is -0.837 e. The fourth-order valence-electron chi connectivity index (χ4n) is 2.76. The highest BCUT2D eigenvalue weighted by Gasteiger charge is 2.22. The molecule has 114 valence electrons. The minimum atomic E-state index is -0.490. The maximum atomic E-state index is 14.2. The molecule has 0 N–H and O–H groups in total. The van der Waals surface area contributed by atoms with Crippen LogP contribution in [0.15, 0.2) is 42.5 Å². The van der Waals surface area contributed by atoms with E-state index < -0.39 is 5.82 Å². The lowest BCUT2D eigenvalue weighted by molar-refractivity contribution is -0.556. The van der Waals surface area contributed by atoms with Crippen molar-refractivity contribution in [1.82, 2.24) is 14.9 Å². The van der Waals surface area contributed by atoms with Crippen LogP contribution < -0.4 is 9.62 Å². The summed E-state index contributed by atoms with van der Waals surface area (Å²) in [6, 6.07) is 12.0. The molecule has 0 spiro atoms. The third-order valence-corrected chi connectivity index (χ3v) is 3.86. The number of halogens is 1. The first-order chi connectivity index (χ1) is 11.1. The number of aryl methyl sites for hydroxylation is 2. The summed E-state index contributed by atoms with van der Waals surface area (Å²) in [6.45, 7) is 3.59. The number of nitrogens with zero attached hydrogens (tertiary/aromatic N) is 4. The van der Waals surface area contributed by atoms with Crippen molar-refractivity contribution in [1.29, 1.82) is 0 Å². The Morgan fingerprint density at radius 3 is 2.74 bits per heavy atom. The molecule has 6 heteroatoms. The zero-order valence-corrected chi connectivity index (χ0v) is 12.6. The van der Waals surface area contributed by atoms with Crippen molar-refractivity contribution in [2.45, 2.75) is 13.8 Å². The lowest BCUT2D eigenvalue weighted by Crippen LogP contribution is -2.27. The quantitative estimate of drug-likeness (QED) is 0.505. The molecular weight excluding hydrogens is 295 g/mol. The van der Waals surface area contributed by atoms with Crippen molar-refractivity contribution >= 4 is 16.6 Å².